The van der Waals surface area contributed by atoms with Crippen molar-refractivity contribution < 1.29 is 13.9 Å². The lowest BCUT2D eigenvalue weighted by Gasteiger charge is -2.12. The molecule has 9 heteroatoms. The van der Waals surface area contributed by atoms with E-state index >= 15 is 0 Å². The number of halogens is 1. The van der Waals surface area contributed by atoms with E-state index < -0.39 is 0 Å². The van der Waals surface area contributed by atoms with Crippen LogP contribution in [-0.4, -0.2) is 31.7 Å². The van der Waals surface area contributed by atoms with Crippen LogP contribution in [-0.2, 0) is 17.8 Å². The molecule has 4 aromatic rings. The number of carbonyl (C=O) groups is 1. The Labute approximate surface area is 189 Å². The molecule has 164 valence electrons. The van der Waals surface area contributed by atoms with E-state index in [9.17, 15) is 9.18 Å². The Morgan fingerprint density at radius 1 is 1.16 bits per heavy atom. The Balaban J connectivity index is 1.44. The molecular weight excluding hydrogens is 429 g/mol. The van der Waals surface area contributed by atoms with Crippen LogP contribution in [0.4, 0.5) is 10.1 Å². The summed E-state index contributed by atoms with van der Waals surface area (Å²) in [5, 5.41) is 7.97. The number of thioether (sulfide) groups is 1. The highest BCUT2D eigenvalue weighted by Crippen LogP contribution is 2.21. The number of nitrogens with one attached hydrogen (secondary N) is 1. The van der Waals surface area contributed by atoms with E-state index in [1.54, 1.807) is 40.9 Å². The van der Waals surface area contributed by atoms with Crippen molar-refractivity contribution in [3.63, 3.8) is 0 Å². The smallest absolute Gasteiger partial charge is 0.253 e. The van der Waals surface area contributed by atoms with E-state index in [0.717, 1.165) is 22.5 Å². The first kappa shape index (κ1) is 21.8. The maximum Gasteiger partial charge on any atom is 0.253 e. The number of hydrogen-bond donors (Lipinski definition) is 1. The zero-order valence-corrected chi connectivity index (χ0v) is 18.7. The van der Waals surface area contributed by atoms with Gasteiger partial charge in [-0.1, -0.05) is 30.0 Å². The SMILES string of the molecule is CSc1nc2nc(C)c(CC(=O)Nc3cccc(OCc4ccc(F)cc4)c3)c(C)n2n1. The number of carbonyl (C=O) groups excluding carboxylic acids is 1. The lowest BCUT2D eigenvalue weighted by atomic mass is 10.1. The third kappa shape index (κ3) is 4.88. The standard InChI is InChI=1S/C23H22FN5O2S/c1-14-20(15(2)29-22(25-14)27-23(28-29)32-3)12-21(30)26-18-5-4-6-19(11-18)31-13-16-7-9-17(24)10-8-16/h4-11H,12-13H2,1-3H3,(H,26,30). The summed E-state index contributed by atoms with van der Waals surface area (Å²) in [6, 6.07) is 13.3. The summed E-state index contributed by atoms with van der Waals surface area (Å²) in [6.45, 7) is 4.08. The number of nitrogens with zero attached hydrogens (tertiary/aromatic N) is 4. The lowest BCUT2D eigenvalue weighted by Crippen LogP contribution is -2.17. The molecule has 2 heterocycles. The van der Waals surface area contributed by atoms with Crippen LogP contribution in [0.5, 0.6) is 5.75 Å². The summed E-state index contributed by atoms with van der Waals surface area (Å²) in [7, 11) is 0. The van der Waals surface area contributed by atoms with Gasteiger partial charge >= 0.3 is 0 Å². The molecule has 1 amide bonds. The van der Waals surface area contributed by atoms with E-state index in [2.05, 4.69) is 20.4 Å². The minimum Gasteiger partial charge on any atom is -0.489 e. The Morgan fingerprint density at radius 2 is 1.94 bits per heavy atom. The summed E-state index contributed by atoms with van der Waals surface area (Å²) in [4.78, 5) is 21.6. The number of ether oxygens (including phenoxy) is 1. The Hall–Kier alpha value is -3.46. The summed E-state index contributed by atoms with van der Waals surface area (Å²) in [6.07, 6.45) is 2.07. The van der Waals surface area contributed by atoms with Crippen molar-refractivity contribution in [1.29, 1.82) is 0 Å². The van der Waals surface area contributed by atoms with E-state index in [-0.39, 0.29) is 18.1 Å². The fourth-order valence-corrected chi connectivity index (χ4v) is 3.65. The van der Waals surface area contributed by atoms with Crippen LogP contribution in [0.25, 0.3) is 5.78 Å². The van der Waals surface area contributed by atoms with Gasteiger partial charge in [0.25, 0.3) is 5.78 Å². The molecule has 0 saturated heterocycles. The molecule has 0 fully saturated rings. The van der Waals surface area contributed by atoms with Gasteiger partial charge in [0.05, 0.1) is 6.42 Å². The molecule has 0 aliphatic carbocycles. The average Bonchev–Trinajstić information content (AvgIpc) is 3.20. The first-order valence-corrected chi connectivity index (χ1v) is 11.2. The van der Waals surface area contributed by atoms with Crippen LogP contribution >= 0.6 is 11.8 Å². The van der Waals surface area contributed by atoms with Gasteiger partial charge in [0.15, 0.2) is 0 Å². The number of amides is 1. The second-order valence-electron chi connectivity index (χ2n) is 7.24. The van der Waals surface area contributed by atoms with Gasteiger partial charge < -0.3 is 10.1 Å². The summed E-state index contributed by atoms with van der Waals surface area (Å²) < 4.78 is 20.5. The fraction of sp³-hybridized carbons (Fsp3) is 0.217. The molecular formula is C23H22FN5O2S. The van der Waals surface area contributed by atoms with Crippen LogP contribution in [0, 0.1) is 19.7 Å². The summed E-state index contributed by atoms with van der Waals surface area (Å²) >= 11 is 1.44. The summed E-state index contributed by atoms with van der Waals surface area (Å²) in [5.41, 5.74) is 3.89. The molecule has 0 atom stereocenters. The monoisotopic (exact) mass is 451 g/mol. The Bertz CT molecular complexity index is 1270. The largest absolute Gasteiger partial charge is 0.489 e. The maximum atomic E-state index is 13.0. The predicted octanol–water partition coefficient (Wildman–Crippen LogP) is 4.36. The van der Waals surface area contributed by atoms with Crippen molar-refractivity contribution >= 4 is 29.1 Å². The normalized spacial score (nSPS) is 11.0. The minimum absolute atomic E-state index is 0.162. The molecule has 1 N–H and O–H groups in total. The number of fused-ring (bicyclic) bond motifs is 1. The van der Waals surface area contributed by atoms with Gasteiger partial charge in [-0.05, 0) is 49.9 Å². The van der Waals surface area contributed by atoms with Crippen molar-refractivity contribution in [2.24, 2.45) is 0 Å². The molecule has 0 bridgehead atoms. The zero-order chi connectivity index (χ0) is 22.7. The van der Waals surface area contributed by atoms with Gasteiger partial charge in [-0.15, -0.1) is 5.10 Å². The lowest BCUT2D eigenvalue weighted by molar-refractivity contribution is -0.115. The van der Waals surface area contributed by atoms with Gasteiger partial charge in [0.2, 0.25) is 11.1 Å². The highest BCUT2D eigenvalue weighted by molar-refractivity contribution is 7.98. The van der Waals surface area contributed by atoms with Gasteiger partial charge in [0, 0.05) is 28.7 Å². The third-order valence-electron chi connectivity index (χ3n) is 4.99. The van der Waals surface area contributed by atoms with Crippen molar-refractivity contribution in [3.8, 4) is 5.75 Å². The molecule has 0 unspecified atom stereocenters. The fourth-order valence-electron chi connectivity index (χ4n) is 3.31. The van der Waals surface area contributed by atoms with Gasteiger partial charge in [-0.25, -0.2) is 13.9 Å². The first-order chi connectivity index (χ1) is 15.4. The van der Waals surface area contributed by atoms with Gasteiger partial charge in [0.1, 0.15) is 18.2 Å². The van der Waals surface area contributed by atoms with Crippen molar-refractivity contribution in [2.45, 2.75) is 32.0 Å². The van der Waals surface area contributed by atoms with Crippen LogP contribution in [0.3, 0.4) is 0 Å². The third-order valence-corrected chi connectivity index (χ3v) is 5.52. The van der Waals surface area contributed by atoms with Crippen molar-refractivity contribution in [3.05, 3.63) is 76.9 Å². The summed E-state index contributed by atoms with van der Waals surface area (Å²) in [5.74, 6) is 0.680. The molecule has 7 nitrogen and oxygen atoms in total. The molecule has 32 heavy (non-hydrogen) atoms. The van der Waals surface area contributed by atoms with E-state index in [1.807, 2.05) is 20.1 Å². The number of aromatic nitrogens is 4. The molecule has 0 saturated carbocycles. The van der Waals surface area contributed by atoms with E-state index in [1.165, 1.54) is 23.9 Å². The number of benzene rings is 2. The quantitative estimate of drug-likeness (QED) is 0.421. The van der Waals surface area contributed by atoms with Gasteiger partial charge in [-0.2, -0.15) is 4.98 Å². The Kier molecular flexibility index (Phi) is 6.36. The number of anilines is 1. The molecule has 2 aromatic carbocycles. The van der Waals surface area contributed by atoms with E-state index in [0.29, 0.717) is 29.0 Å². The number of aryl methyl sites for hydroxylation is 2. The van der Waals surface area contributed by atoms with E-state index in [4.69, 9.17) is 4.74 Å². The second-order valence-corrected chi connectivity index (χ2v) is 8.01. The number of hydrogen-bond acceptors (Lipinski definition) is 6. The Morgan fingerprint density at radius 3 is 2.69 bits per heavy atom. The van der Waals surface area contributed by atoms with Crippen LogP contribution in [0.2, 0.25) is 0 Å². The molecule has 4 rings (SSSR count). The zero-order valence-electron chi connectivity index (χ0n) is 17.9. The highest BCUT2D eigenvalue weighted by Gasteiger charge is 2.16. The van der Waals surface area contributed by atoms with Crippen LogP contribution in [0.15, 0.2) is 53.7 Å². The molecule has 0 spiro atoms. The average molecular weight is 452 g/mol. The number of rotatable bonds is 7. The molecule has 0 radical (unpaired) electrons. The maximum absolute atomic E-state index is 13.0. The predicted molar refractivity (Wildman–Crippen MR) is 122 cm³/mol. The molecule has 0 aliphatic rings. The van der Waals surface area contributed by atoms with Crippen LogP contribution in [0.1, 0.15) is 22.5 Å². The molecule has 0 aliphatic heterocycles. The highest BCUT2D eigenvalue weighted by atomic mass is 32.2. The van der Waals surface area contributed by atoms with Crippen molar-refractivity contribution in [2.75, 3.05) is 11.6 Å². The first-order valence-electron chi connectivity index (χ1n) is 9.97. The topological polar surface area (TPSA) is 81.4 Å². The van der Waals surface area contributed by atoms with Gasteiger partial charge in [-0.3, -0.25) is 4.79 Å². The van der Waals surface area contributed by atoms with Crippen LogP contribution < -0.4 is 10.1 Å². The van der Waals surface area contributed by atoms with Crippen molar-refractivity contribution in [1.82, 2.24) is 19.6 Å². The second kappa shape index (κ2) is 9.35. The molecule has 2 aromatic heterocycles. The minimum atomic E-state index is -0.285.